The first-order chi connectivity index (χ1) is 7.32. The van der Waals surface area contributed by atoms with Crippen LogP contribution in [0, 0.1) is 0 Å². The number of alkyl halides is 3. The molecule has 2 unspecified atom stereocenters. The molecule has 0 aliphatic rings. The van der Waals surface area contributed by atoms with E-state index in [2.05, 4.69) is 9.47 Å². The lowest BCUT2D eigenvalue weighted by atomic mass is 10.1. The van der Waals surface area contributed by atoms with Gasteiger partial charge in [0.2, 0.25) is 0 Å². The Bertz CT molecular complexity index is 216. The second-order valence-corrected chi connectivity index (χ2v) is 3.47. The summed E-state index contributed by atoms with van der Waals surface area (Å²) >= 11 is 0. The van der Waals surface area contributed by atoms with E-state index in [1.807, 2.05) is 6.92 Å². The maximum atomic E-state index is 12.2. The number of halogens is 3. The standard InChI is InChI=1S/C10H17F3O3/c1-4-5-6-8(9(14)15-3)16-7(2)10(11,12)13/h7-8H,4-6H2,1-3H3. The number of carbonyl (C=O) groups is 1. The van der Waals surface area contributed by atoms with Crippen molar-refractivity contribution >= 4 is 5.97 Å². The molecule has 3 nitrogen and oxygen atoms in total. The predicted molar refractivity (Wildman–Crippen MR) is 51.9 cm³/mol. The third kappa shape index (κ3) is 5.34. The van der Waals surface area contributed by atoms with Gasteiger partial charge in [-0.05, 0) is 13.3 Å². The predicted octanol–water partition coefficient (Wildman–Crippen LogP) is 2.69. The van der Waals surface area contributed by atoms with Crippen molar-refractivity contribution in [2.24, 2.45) is 0 Å². The number of rotatable bonds is 6. The average molecular weight is 242 g/mol. The zero-order chi connectivity index (χ0) is 12.8. The molecule has 0 heterocycles. The molecule has 0 N–H and O–H groups in total. The number of carbonyl (C=O) groups excluding carboxylic acids is 1. The van der Waals surface area contributed by atoms with Crippen molar-refractivity contribution in [1.29, 1.82) is 0 Å². The van der Waals surface area contributed by atoms with Crippen LogP contribution < -0.4 is 0 Å². The summed E-state index contributed by atoms with van der Waals surface area (Å²) in [4.78, 5) is 11.2. The molecule has 0 aromatic rings. The third-order valence-corrected chi connectivity index (χ3v) is 2.11. The van der Waals surface area contributed by atoms with Crippen LogP contribution in [-0.4, -0.2) is 31.5 Å². The van der Waals surface area contributed by atoms with E-state index in [0.717, 1.165) is 20.5 Å². The maximum Gasteiger partial charge on any atom is 0.414 e. The fraction of sp³-hybridized carbons (Fsp3) is 0.900. The summed E-state index contributed by atoms with van der Waals surface area (Å²) in [5.74, 6) is -0.760. The Morgan fingerprint density at radius 1 is 1.38 bits per heavy atom. The fourth-order valence-electron chi connectivity index (χ4n) is 1.09. The van der Waals surface area contributed by atoms with Gasteiger partial charge in [0, 0.05) is 0 Å². The lowest BCUT2D eigenvalue weighted by Crippen LogP contribution is -2.36. The third-order valence-electron chi connectivity index (χ3n) is 2.11. The zero-order valence-corrected chi connectivity index (χ0v) is 9.63. The van der Waals surface area contributed by atoms with Gasteiger partial charge in [-0.25, -0.2) is 4.79 Å². The second kappa shape index (κ2) is 6.73. The molecular weight excluding hydrogens is 225 g/mol. The van der Waals surface area contributed by atoms with Crippen LogP contribution in [0.2, 0.25) is 0 Å². The molecule has 6 heteroatoms. The van der Waals surface area contributed by atoms with Crippen LogP contribution in [0.4, 0.5) is 13.2 Å². The van der Waals surface area contributed by atoms with Crippen LogP contribution in [0.3, 0.4) is 0 Å². The monoisotopic (exact) mass is 242 g/mol. The first-order valence-corrected chi connectivity index (χ1v) is 5.12. The van der Waals surface area contributed by atoms with Crippen molar-refractivity contribution in [3.05, 3.63) is 0 Å². The van der Waals surface area contributed by atoms with E-state index < -0.39 is 24.4 Å². The SMILES string of the molecule is CCCCC(OC(C)C(F)(F)F)C(=O)OC. The Hall–Kier alpha value is -0.780. The summed E-state index contributed by atoms with van der Waals surface area (Å²) in [6.07, 6.45) is -5.93. The summed E-state index contributed by atoms with van der Waals surface area (Å²) in [5.41, 5.74) is 0. The summed E-state index contributed by atoms with van der Waals surface area (Å²) in [5, 5.41) is 0. The van der Waals surface area contributed by atoms with Crippen molar-refractivity contribution in [2.45, 2.75) is 51.5 Å². The van der Waals surface area contributed by atoms with Crippen LogP contribution in [0.1, 0.15) is 33.1 Å². The van der Waals surface area contributed by atoms with Gasteiger partial charge in [0.25, 0.3) is 0 Å². The molecule has 0 radical (unpaired) electrons. The highest BCUT2D eigenvalue weighted by Gasteiger charge is 2.39. The van der Waals surface area contributed by atoms with Crippen LogP contribution in [0.25, 0.3) is 0 Å². The quantitative estimate of drug-likeness (QED) is 0.672. The van der Waals surface area contributed by atoms with Crippen LogP contribution in [-0.2, 0) is 14.3 Å². The van der Waals surface area contributed by atoms with Gasteiger partial charge < -0.3 is 9.47 Å². The van der Waals surface area contributed by atoms with Crippen molar-refractivity contribution in [1.82, 2.24) is 0 Å². The molecule has 96 valence electrons. The number of hydrogen-bond acceptors (Lipinski definition) is 3. The van der Waals surface area contributed by atoms with Gasteiger partial charge in [0.05, 0.1) is 7.11 Å². The van der Waals surface area contributed by atoms with E-state index >= 15 is 0 Å². The number of unbranched alkanes of at least 4 members (excludes halogenated alkanes) is 1. The molecule has 0 aromatic carbocycles. The summed E-state index contributed by atoms with van der Waals surface area (Å²) < 4.78 is 45.7. The molecule has 0 amide bonds. The van der Waals surface area contributed by atoms with Gasteiger partial charge in [0.1, 0.15) is 0 Å². The highest BCUT2D eigenvalue weighted by molar-refractivity contribution is 5.74. The van der Waals surface area contributed by atoms with Gasteiger partial charge in [0.15, 0.2) is 12.2 Å². The molecule has 0 bridgehead atoms. The first kappa shape index (κ1) is 15.2. The van der Waals surface area contributed by atoms with Crippen LogP contribution in [0.15, 0.2) is 0 Å². The smallest absolute Gasteiger partial charge is 0.414 e. The lowest BCUT2D eigenvalue weighted by molar-refractivity contribution is -0.230. The van der Waals surface area contributed by atoms with Crippen molar-refractivity contribution in [3.8, 4) is 0 Å². The van der Waals surface area contributed by atoms with E-state index in [-0.39, 0.29) is 6.42 Å². The van der Waals surface area contributed by atoms with E-state index in [4.69, 9.17) is 0 Å². The van der Waals surface area contributed by atoms with Gasteiger partial charge in [-0.3, -0.25) is 0 Å². The maximum absolute atomic E-state index is 12.2. The molecule has 2 atom stereocenters. The van der Waals surface area contributed by atoms with Crippen LogP contribution >= 0.6 is 0 Å². The molecular formula is C10H17F3O3. The zero-order valence-electron chi connectivity index (χ0n) is 9.63. The van der Waals surface area contributed by atoms with Gasteiger partial charge >= 0.3 is 12.1 Å². The molecule has 0 rings (SSSR count). The van der Waals surface area contributed by atoms with Crippen molar-refractivity contribution in [2.75, 3.05) is 7.11 Å². The normalized spacial score (nSPS) is 15.6. The van der Waals surface area contributed by atoms with Gasteiger partial charge in [-0.15, -0.1) is 0 Å². The van der Waals surface area contributed by atoms with Crippen molar-refractivity contribution in [3.63, 3.8) is 0 Å². The van der Waals surface area contributed by atoms with Crippen molar-refractivity contribution < 1.29 is 27.4 Å². The number of methoxy groups -OCH3 is 1. The number of ether oxygens (including phenoxy) is 2. The Morgan fingerprint density at radius 3 is 2.31 bits per heavy atom. The summed E-state index contributed by atoms with van der Waals surface area (Å²) in [7, 11) is 1.13. The lowest BCUT2D eigenvalue weighted by Gasteiger charge is -2.22. The molecule has 0 aromatic heterocycles. The van der Waals surface area contributed by atoms with E-state index in [1.165, 1.54) is 0 Å². The molecule has 0 aliphatic carbocycles. The molecule has 0 saturated heterocycles. The molecule has 0 fully saturated rings. The highest BCUT2D eigenvalue weighted by Crippen LogP contribution is 2.24. The summed E-state index contributed by atoms with van der Waals surface area (Å²) in [6, 6.07) is 0. The molecule has 0 saturated carbocycles. The summed E-state index contributed by atoms with van der Waals surface area (Å²) in [6.45, 7) is 2.75. The molecule has 0 aliphatic heterocycles. The Morgan fingerprint density at radius 2 is 1.94 bits per heavy atom. The molecule has 0 spiro atoms. The van der Waals surface area contributed by atoms with Gasteiger partial charge in [-0.1, -0.05) is 19.8 Å². The molecule has 16 heavy (non-hydrogen) atoms. The highest BCUT2D eigenvalue weighted by atomic mass is 19.4. The first-order valence-electron chi connectivity index (χ1n) is 5.12. The van der Waals surface area contributed by atoms with Crippen LogP contribution in [0.5, 0.6) is 0 Å². The Labute approximate surface area is 92.9 Å². The van der Waals surface area contributed by atoms with E-state index in [9.17, 15) is 18.0 Å². The second-order valence-electron chi connectivity index (χ2n) is 3.47. The Kier molecular flexibility index (Phi) is 6.40. The number of esters is 1. The topological polar surface area (TPSA) is 35.5 Å². The van der Waals surface area contributed by atoms with E-state index in [0.29, 0.717) is 6.42 Å². The largest absolute Gasteiger partial charge is 0.467 e. The number of hydrogen-bond donors (Lipinski definition) is 0. The Balaban J connectivity index is 4.36. The minimum atomic E-state index is -4.46. The van der Waals surface area contributed by atoms with Gasteiger partial charge in [-0.2, -0.15) is 13.2 Å². The minimum Gasteiger partial charge on any atom is -0.467 e. The minimum absolute atomic E-state index is 0.240. The average Bonchev–Trinajstić information content (AvgIpc) is 2.21. The van der Waals surface area contributed by atoms with E-state index in [1.54, 1.807) is 0 Å². The fourth-order valence-corrected chi connectivity index (χ4v) is 1.09.